The van der Waals surface area contributed by atoms with Crippen LogP contribution in [0.4, 0.5) is 0 Å². The van der Waals surface area contributed by atoms with Gasteiger partial charge in [-0.15, -0.1) is 0 Å². The first kappa shape index (κ1) is 12.1. The summed E-state index contributed by atoms with van der Waals surface area (Å²) in [4.78, 5) is 0. The van der Waals surface area contributed by atoms with Crippen LogP contribution in [0.3, 0.4) is 0 Å². The SMILES string of the molecule is NCC1CCCC1NCCC1=CCCCC1. The Morgan fingerprint density at radius 1 is 1.25 bits per heavy atom. The van der Waals surface area contributed by atoms with Crippen molar-refractivity contribution in [1.82, 2.24) is 5.32 Å². The monoisotopic (exact) mass is 222 g/mol. The molecule has 16 heavy (non-hydrogen) atoms. The van der Waals surface area contributed by atoms with E-state index in [0.29, 0.717) is 6.04 Å². The van der Waals surface area contributed by atoms with Gasteiger partial charge in [0, 0.05) is 6.04 Å². The highest BCUT2D eigenvalue weighted by atomic mass is 14.9. The molecule has 0 saturated heterocycles. The molecular weight excluding hydrogens is 196 g/mol. The minimum absolute atomic E-state index is 0.703. The summed E-state index contributed by atoms with van der Waals surface area (Å²) < 4.78 is 0. The molecule has 1 fully saturated rings. The van der Waals surface area contributed by atoms with Crippen LogP contribution in [0.1, 0.15) is 51.4 Å². The van der Waals surface area contributed by atoms with Crippen molar-refractivity contribution < 1.29 is 0 Å². The van der Waals surface area contributed by atoms with E-state index in [-0.39, 0.29) is 0 Å². The van der Waals surface area contributed by atoms with E-state index in [1.54, 1.807) is 5.57 Å². The summed E-state index contributed by atoms with van der Waals surface area (Å²) in [6, 6.07) is 0.703. The van der Waals surface area contributed by atoms with Gasteiger partial charge in [0.05, 0.1) is 0 Å². The molecule has 2 atom stereocenters. The van der Waals surface area contributed by atoms with Crippen molar-refractivity contribution in [2.24, 2.45) is 11.7 Å². The number of rotatable bonds is 5. The molecule has 0 heterocycles. The summed E-state index contributed by atoms with van der Waals surface area (Å²) in [6.45, 7) is 2.02. The Balaban J connectivity index is 1.65. The van der Waals surface area contributed by atoms with Gasteiger partial charge in [-0.3, -0.25) is 0 Å². The van der Waals surface area contributed by atoms with Gasteiger partial charge in [0.2, 0.25) is 0 Å². The molecule has 3 N–H and O–H groups in total. The Morgan fingerprint density at radius 2 is 2.19 bits per heavy atom. The van der Waals surface area contributed by atoms with E-state index in [2.05, 4.69) is 11.4 Å². The molecule has 2 nitrogen and oxygen atoms in total. The van der Waals surface area contributed by atoms with Crippen LogP contribution >= 0.6 is 0 Å². The van der Waals surface area contributed by atoms with E-state index in [1.165, 1.54) is 51.4 Å². The first-order valence-electron chi connectivity index (χ1n) is 7.01. The van der Waals surface area contributed by atoms with E-state index in [0.717, 1.165) is 19.0 Å². The van der Waals surface area contributed by atoms with Gasteiger partial charge in [-0.05, 0) is 64.0 Å². The van der Waals surface area contributed by atoms with Gasteiger partial charge in [-0.25, -0.2) is 0 Å². The maximum absolute atomic E-state index is 5.79. The van der Waals surface area contributed by atoms with Crippen LogP contribution in [0.25, 0.3) is 0 Å². The van der Waals surface area contributed by atoms with E-state index in [9.17, 15) is 0 Å². The summed E-state index contributed by atoms with van der Waals surface area (Å²) >= 11 is 0. The molecule has 0 amide bonds. The zero-order chi connectivity index (χ0) is 11.2. The molecule has 2 aliphatic carbocycles. The van der Waals surface area contributed by atoms with Gasteiger partial charge in [0.1, 0.15) is 0 Å². The Bertz CT molecular complexity index is 235. The number of hydrogen-bond acceptors (Lipinski definition) is 2. The molecule has 0 spiro atoms. The summed E-state index contributed by atoms with van der Waals surface area (Å²) in [5, 5.41) is 3.71. The van der Waals surface area contributed by atoms with Crippen molar-refractivity contribution in [3.05, 3.63) is 11.6 Å². The van der Waals surface area contributed by atoms with Crippen molar-refractivity contribution in [2.75, 3.05) is 13.1 Å². The summed E-state index contributed by atoms with van der Waals surface area (Å²) in [7, 11) is 0. The van der Waals surface area contributed by atoms with E-state index in [1.807, 2.05) is 0 Å². The maximum atomic E-state index is 5.79. The normalized spacial score (nSPS) is 30.4. The molecule has 2 rings (SSSR count). The highest BCUT2D eigenvalue weighted by Gasteiger charge is 2.25. The van der Waals surface area contributed by atoms with Crippen LogP contribution in [0.15, 0.2) is 11.6 Å². The summed E-state index contributed by atoms with van der Waals surface area (Å²) in [6.07, 6.45) is 13.2. The van der Waals surface area contributed by atoms with Crippen LogP contribution in [-0.2, 0) is 0 Å². The lowest BCUT2D eigenvalue weighted by Crippen LogP contribution is -2.36. The highest BCUT2D eigenvalue weighted by Crippen LogP contribution is 2.25. The second kappa shape index (κ2) is 6.41. The van der Waals surface area contributed by atoms with Crippen LogP contribution in [-0.4, -0.2) is 19.1 Å². The quantitative estimate of drug-likeness (QED) is 0.702. The Morgan fingerprint density at radius 3 is 2.94 bits per heavy atom. The van der Waals surface area contributed by atoms with Crippen LogP contribution in [0.5, 0.6) is 0 Å². The second-order valence-electron chi connectivity index (χ2n) is 5.35. The lowest BCUT2D eigenvalue weighted by Gasteiger charge is -2.20. The van der Waals surface area contributed by atoms with E-state index < -0.39 is 0 Å². The Labute approximate surface area is 99.7 Å². The Hall–Kier alpha value is -0.340. The third-order valence-electron chi connectivity index (χ3n) is 4.20. The van der Waals surface area contributed by atoms with Gasteiger partial charge in [0.15, 0.2) is 0 Å². The topological polar surface area (TPSA) is 38.0 Å². The molecule has 1 saturated carbocycles. The van der Waals surface area contributed by atoms with Crippen LogP contribution in [0, 0.1) is 5.92 Å². The third-order valence-corrected chi connectivity index (χ3v) is 4.20. The molecule has 2 heteroatoms. The van der Waals surface area contributed by atoms with Crippen molar-refractivity contribution in [3.63, 3.8) is 0 Å². The lowest BCUT2D eigenvalue weighted by atomic mass is 9.97. The number of nitrogens with two attached hydrogens (primary N) is 1. The minimum Gasteiger partial charge on any atom is -0.330 e. The molecule has 0 aromatic carbocycles. The molecule has 0 aromatic rings. The fourth-order valence-electron chi connectivity index (χ4n) is 3.14. The van der Waals surface area contributed by atoms with Gasteiger partial charge in [-0.1, -0.05) is 18.1 Å². The lowest BCUT2D eigenvalue weighted by molar-refractivity contribution is 0.408. The average Bonchev–Trinajstić information content (AvgIpc) is 2.78. The zero-order valence-corrected chi connectivity index (χ0v) is 10.4. The van der Waals surface area contributed by atoms with Crippen molar-refractivity contribution >= 4 is 0 Å². The van der Waals surface area contributed by atoms with Gasteiger partial charge < -0.3 is 11.1 Å². The maximum Gasteiger partial charge on any atom is 0.0107 e. The fraction of sp³-hybridized carbons (Fsp3) is 0.857. The van der Waals surface area contributed by atoms with E-state index >= 15 is 0 Å². The average molecular weight is 222 g/mol. The Kier molecular flexibility index (Phi) is 4.86. The minimum atomic E-state index is 0.703. The van der Waals surface area contributed by atoms with Crippen molar-refractivity contribution in [1.29, 1.82) is 0 Å². The van der Waals surface area contributed by atoms with Gasteiger partial charge >= 0.3 is 0 Å². The second-order valence-corrected chi connectivity index (χ2v) is 5.35. The molecule has 0 bridgehead atoms. The molecule has 2 aliphatic rings. The number of hydrogen-bond donors (Lipinski definition) is 2. The van der Waals surface area contributed by atoms with E-state index in [4.69, 9.17) is 5.73 Å². The standard InChI is InChI=1S/C14H26N2/c15-11-13-7-4-8-14(13)16-10-9-12-5-2-1-3-6-12/h5,13-14,16H,1-4,6-11,15H2. The third kappa shape index (κ3) is 3.33. The smallest absolute Gasteiger partial charge is 0.0107 e. The largest absolute Gasteiger partial charge is 0.330 e. The van der Waals surface area contributed by atoms with Crippen molar-refractivity contribution in [3.8, 4) is 0 Å². The first-order chi connectivity index (χ1) is 7.90. The molecular formula is C14H26N2. The van der Waals surface area contributed by atoms with Crippen LogP contribution < -0.4 is 11.1 Å². The molecule has 0 aromatic heterocycles. The van der Waals surface area contributed by atoms with Gasteiger partial charge in [0.25, 0.3) is 0 Å². The fourth-order valence-corrected chi connectivity index (χ4v) is 3.14. The number of allylic oxidation sites excluding steroid dienone is 1. The molecule has 0 radical (unpaired) electrons. The predicted octanol–water partition coefficient (Wildman–Crippen LogP) is 2.59. The highest BCUT2D eigenvalue weighted by molar-refractivity contribution is 5.05. The first-order valence-corrected chi connectivity index (χ1v) is 7.01. The summed E-state index contributed by atoms with van der Waals surface area (Å²) in [5.41, 5.74) is 7.47. The molecule has 92 valence electrons. The predicted molar refractivity (Wildman–Crippen MR) is 69.4 cm³/mol. The number of nitrogens with one attached hydrogen (secondary N) is 1. The van der Waals surface area contributed by atoms with Crippen molar-refractivity contribution in [2.45, 2.75) is 57.4 Å². The van der Waals surface area contributed by atoms with Crippen LogP contribution in [0.2, 0.25) is 0 Å². The zero-order valence-electron chi connectivity index (χ0n) is 10.4. The van der Waals surface area contributed by atoms with Gasteiger partial charge in [-0.2, -0.15) is 0 Å². The molecule has 0 aliphatic heterocycles. The molecule has 2 unspecified atom stereocenters. The summed E-state index contributed by atoms with van der Waals surface area (Å²) in [5.74, 6) is 0.736.